The summed E-state index contributed by atoms with van der Waals surface area (Å²) in [4.78, 5) is 32.1. The lowest BCUT2D eigenvalue weighted by molar-refractivity contribution is -0.150. The molecule has 1 aromatic carbocycles. The van der Waals surface area contributed by atoms with Crippen molar-refractivity contribution in [2.45, 2.75) is 66.0 Å². The molecule has 2 N–H and O–H groups in total. The van der Waals surface area contributed by atoms with Crippen LogP contribution in [-0.4, -0.2) is 41.5 Å². The molecule has 2 aromatic rings. The minimum atomic E-state index is -0.502. The molecule has 0 spiro atoms. The lowest BCUT2D eigenvalue weighted by Crippen LogP contribution is -2.42. The standard InChI is InChI=1S/C26H35N3O3.2ClH/c1-16(2)13-22-21(15-27)25(19-10-8-17(3)9-11-19)20(18(4)28-22)14-24(30)29-12-6-7-23(29)26(31)32-5;;/h8-11,16,23H,6-7,12-15,27H2,1-5H3;2*1H/t23-;;/m0../s1. The molecular formula is C26H37Cl2N3O3. The van der Waals surface area contributed by atoms with Crippen LogP contribution in [0.5, 0.6) is 0 Å². The molecule has 1 atom stereocenters. The molecule has 1 aliphatic heterocycles. The molecule has 2 heterocycles. The van der Waals surface area contributed by atoms with Crippen molar-refractivity contribution in [2.75, 3.05) is 13.7 Å². The zero-order valence-corrected chi connectivity index (χ0v) is 22.4. The third kappa shape index (κ3) is 6.49. The second kappa shape index (κ2) is 13.1. The van der Waals surface area contributed by atoms with Gasteiger partial charge in [0.05, 0.1) is 13.5 Å². The van der Waals surface area contributed by atoms with Crippen molar-refractivity contribution in [3.8, 4) is 11.1 Å². The second-order valence-electron chi connectivity index (χ2n) is 9.09. The van der Waals surface area contributed by atoms with Gasteiger partial charge in [-0.15, -0.1) is 24.8 Å². The molecule has 1 aromatic heterocycles. The van der Waals surface area contributed by atoms with Crippen LogP contribution in [-0.2, 0) is 33.7 Å². The molecule has 0 aliphatic carbocycles. The average Bonchev–Trinajstić information content (AvgIpc) is 3.25. The van der Waals surface area contributed by atoms with E-state index in [0.717, 1.165) is 46.5 Å². The number of halogens is 2. The van der Waals surface area contributed by atoms with Crippen molar-refractivity contribution in [2.24, 2.45) is 11.7 Å². The number of rotatable bonds is 7. The van der Waals surface area contributed by atoms with Crippen LogP contribution >= 0.6 is 24.8 Å². The van der Waals surface area contributed by atoms with Crippen LogP contribution in [0.1, 0.15) is 54.8 Å². The highest BCUT2D eigenvalue weighted by atomic mass is 35.5. The van der Waals surface area contributed by atoms with Gasteiger partial charge in [0.1, 0.15) is 6.04 Å². The maximum absolute atomic E-state index is 13.4. The molecule has 8 heteroatoms. The Bertz CT molecular complexity index is 994. The van der Waals surface area contributed by atoms with E-state index in [2.05, 4.69) is 45.0 Å². The summed E-state index contributed by atoms with van der Waals surface area (Å²) < 4.78 is 4.92. The van der Waals surface area contributed by atoms with E-state index in [1.807, 2.05) is 6.92 Å². The number of benzene rings is 1. The van der Waals surface area contributed by atoms with Crippen LogP contribution in [0.25, 0.3) is 11.1 Å². The van der Waals surface area contributed by atoms with Crippen LogP contribution in [0, 0.1) is 19.8 Å². The molecule has 0 bridgehead atoms. The Balaban J connectivity index is 0.00000289. The summed E-state index contributed by atoms with van der Waals surface area (Å²) in [5, 5.41) is 0. The molecule has 1 saturated heterocycles. The van der Waals surface area contributed by atoms with Crippen LogP contribution in [0.2, 0.25) is 0 Å². The summed E-state index contributed by atoms with van der Waals surface area (Å²) in [6.07, 6.45) is 2.46. The first-order chi connectivity index (χ1) is 15.3. The molecule has 0 unspecified atom stereocenters. The number of likely N-dealkylation sites (tertiary alicyclic amines) is 1. The van der Waals surface area contributed by atoms with Gasteiger partial charge in [-0.2, -0.15) is 0 Å². The van der Waals surface area contributed by atoms with Gasteiger partial charge in [0.15, 0.2) is 0 Å². The Labute approximate surface area is 215 Å². The molecular weight excluding hydrogens is 473 g/mol. The molecule has 188 valence electrons. The first-order valence-electron chi connectivity index (χ1n) is 11.4. The summed E-state index contributed by atoms with van der Waals surface area (Å²) in [7, 11) is 1.37. The van der Waals surface area contributed by atoms with Crippen LogP contribution in [0.15, 0.2) is 24.3 Å². The van der Waals surface area contributed by atoms with Crippen molar-refractivity contribution in [3.63, 3.8) is 0 Å². The topological polar surface area (TPSA) is 85.5 Å². The third-order valence-corrected chi connectivity index (χ3v) is 6.21. The predicted molar refractivity (Wildman–Crippen MR) is 141 cm³/mol. The quantitative estimate of drug-likeness (QED) is 0.552. The number of esters is 1. The molecule has 3 rings (SSSR count). The van der Waals surface area contributed by atoms with Gasteiger partial charge < -0.3 is 15.4 Å². The lowest BCUT2D eigenvalue weighted by atomic mass is 9.88. The fraction of sp³-hybridized carbons (Fsp3) is 0.500. The minimum absolute atomic E-state index is 0. The number of amides is 1. The van der Waals surface area contributed by atoms with E-state index >= 15 is 0 Å². The normalized spacial score (nSPS) is 15.0. The SMILES string of the molecule is COC(=O)[C@@H]1CCCN1C(=O)Cc1c(C)nc(CC(C)C)c(CN)c1-c1ccc(C)cc1.Cl.Cl. The highest BCUT2D eigenvalue weighted by Gasteiger charge is 2.35. The van der Waals surface area contributed by atoms with Crippen molar-refractivity contribution in [1.29, 1.82) is 0 Å². The van der Waals surface area contributed by atoms with Crippen molar-refractivity contribution >= 4 is 36.7 Å². The molecule has 34 heavy (non-hydrogen) atoms. The van der Waals surface area contributed by atoms with E-state index in [1.165, 1.54) is 12.7 Å². The number of nitrogens with two attached hydrogens (primary N) is 1. The van der Waals surface area contributed by atoms with Gasteiger partial charge >= 0.3 is 5.97 Å². The summed E-state index contributed by atoms with van der Waals surface area (Å²) in [6, 6.07) is 7.82. The molecule has 1 fully saturated rings. The Kier molecular flexibility index (Phi) is 11.5. The number of aromatic nitrogens is 1. The lowest BCUT2D eigenvalue weighted by Gasteiger charge is -2.25. The van der Waals surface area contributed by atoms with Gasteiger partial charge in [-0.25, -0.2) is 4.79 Å². The Morgan fingerprint density at radius 1 is 1.15 bits per heavy atom. The van der Waals surface area contributed by atoms with Crippen molar-refractivity contribution < 1.29 is 14.3 Å². The van der Waals surface area contributed by atoms with E-state index < -0.39 is 6.04 Å². The number of methoxy groups -OCH3 is 1. The second-order valence-corrected chi connectivity index (χ2v) is 9.09. The Morgan fingerprint density at radius 3 is 2.35 bits per heavy atom. The molecule has 0 radical (unpaired) electrons. The van der Waals surface area contributed by atoms with E-state index in [1.54, 1.807) is 4.90 Å². The Morgan fingerprint density at radius 2 is 1.79 bits per heavy atom. The first-order valence-corrected chi connectivity index (χ1v) is 11.4. The van der Waals surface area contributed by atoms with Crippen LogP contribution < -0.4 is 5.73 Å². The molecule has 0 saturated carbocycles. The zero-order chi connectivity index (χ0) is 23.4. The predicted octanol–water partition coefficient (Wildman–Crippen LogP) is 4.57. The van der Waals surface area contributed by atoms with E-state index in [4.69, 9.17) is 15.5 Å². The highest BCUT2D eigenvalue weighted by molar-refractivity contribution is 5.88. The fourth-order valence-corrected chi connectivity index (χ4v) is 4.60. The number of hydrogen-bond acceptors (Lipinski definition) is 5. The number of carbonyl (C=O) groups excluding carboxylic acids is 2. The van der Waals surface area contributed by atoms with Gasteiger partial charge in [0, 0.05) is 24.5 Å². The largest absolute Gasteiger partial charge is 0.467 e. The molecule has 6 nitrogen and oxygen atoms in total. The zero-order valence-electron chi connectivity index (χ0n) is 20.7. The van der Waals surface area contributed by atoms with Crippen molar-refractivity contribution in [3.05, 3.63) is 52.3 Å². The smallest absolute Gasteiger partial charge is 0.328 e. The van der Waals surface area contributed by atoms with Gasteiger partial charge in [-0.1, -0.05) is 43.7 Å². The number of aryl methyl sites for hydroxylation is 2. The average molecular weight is 511 g/mol. The molecule has 1 aliphatic rings. The summed E-state index contributed by atoms with van der Waals surface area (Å²) in [5.41, 5.74) is 13.2. The number of nitrogens with zero attached hydrogens (tertiary/aromatic N) is 2. The minimum Gasteiger partial charge on any atom is -0.467 e. The molecule has 1 amide bonds. The van der Waals surface area contributed by atoms with Gasteiger partial charge in [0.2, 0.25) is 5.91 Å². The fourth-order valence-electron chi connectivity index (χ4n) is 4.60. The van der Waals surface area contributed by atoms with E-state index in [-0.39, 0.29) is 43.1 Å². The van der Waals surface area contributed by atoms with Gasteiger partial charge in [-0.05, 0) is 61.3 Å². The first kappa shape index (κ1) is 29.9. The maximum Gasteiger partial charge on any atom is 0.328 e. The van der Waals surface area contributed by atoms with Crippen molar-refractivity contribution in [1.82, 2.24) is 9.88 Å². The summed E-state index contributed by atoms with van der Waals surface area (Å²) in [5.74, 6) is 0.0195. The number of hydrogen-bond donors (Lipinski definition) is 1. The van der Waals surface area contributed by atoms with Gasteiger partial charge in [0.25, 0.3) is 0 Å². The highest BCUT2D eigenvalue weighted by Crippen LogP contribution is 2.33. The third-order valence-electron chi connectivity index (χ3n) is 6.21. The summed E-state index contributed by atoms with van der Waals surface area (Å²) in [6.45, 7) is 9.28. The van der Waals surface area contributed by atoms with Crippen LogP contribution in [0.4, 0.5) is 0 Å². The van der Waals surface area contributed by atoms with E-state index in [9.17, 15) is 9.59 Å². The Hall–Kier alpha value is -2.15. The van der Waals surface area contributed by atoms with Crippen LogP contribution in [0.3, 0.4) is 0 Å². The maximum atomic E-state index is 13.4. The number of pyridine rings is 1. The summed E-state index contributed by atoms with van der Waals surface area (Å²) >= 11 is 0. The van der Waals surface area contributed by atoms with E-state index in [0.29, 0.717) is 25.4 Å². The number of carbonyl (C=O) groups is 2. The van der Waals surface area contributed by atoms with Gasteiger partial charge in [-0.3, -0.25) is 9.78 Å². The number of ether oxygens (including phenoxy) is 1. The monoisotopic (exact) mass is 509 g/mol.